The Labute approximate surface area is 147 Å². The van der Waals surface area contributed by atoms with Crippen molar-refractivity contribution in [3.8, 4) is 5.69 Å². The summed E-state index contributed by atoms with van der Waals surface area (Å²) in [6, 6.07) is 7.56. The lowest BCUT2D eigenvalue weighted by molar-refractivity contribution is 0.153. The van der Waals surface area contributed by atoms with Gasteiger partial charge in [0.1, 0.15) is 12.7 Å². The van der Waals surface area contributed by atoms with Crippen LogP contribution in [0.2, 0.25) is 0 Å². The zero-order chi connectivity index (χ0) is 17.6. The molecule has 2 aromatic rings. The third-order valence-electron chi connectivity index (χ3n) is 4.86. The molecule has 3 N–H and O–H groups in total. The number of carbonyl (C=O) groups excluding carboxylic acids is 1. The van der Waals surface area contributed by atoms with E-state index in [9.17, 15) is 9.90 Å². The van der Waals surface area contributed by atoms with Gasteiger partial charge in [-0.3, -0.25) is 0 Å². The molecule has 3 unspecified atom stereocenters. The van der Waals surface area contributed by atoms with Crippen LogP contribution in [-0.2, 0) is 0 Å². The van der Waals surface area contributed by atoms with Crippen LogP contribution < -0.4 is 10.6 Å². The number of aliphatic hydroxyl groups excluding tert-OH is 1. The van der Waals surface area contributed by atoms with Gasteiger partial charge in [0.25, 0.3) is 0 Å². The van der Waals surface area contributed by atoms with Gasteiger partial charge in [0.05, 0.1) is 11.7 Å². The van der Waals surface area contributed by atoms with Gasteiger partial charge in [0, 0.05) is 18.6 Å². The summed E-state index contributed by atoms with van der Waals surface area (Å²) in [5, 5.41) is 19.6. The monoisotopic (exact) mass is 343 g/mol. The molecule has 0 bridgehead atoms. The highest BCUT2D eigenvalue weighted by molar-refractivity contribution is 5.74. The van der Waals surface area contributed by atoms with Crippen LogP contribution in [-0.4, -0.2) is 38.6 Å². The van der Waals surface area contributed by atoms with E-state index in [1.807, 2.05) is 31.2 Å². The number of rotatable bonds is 5. The van der Waals surface area contributed by atoms with E-state index in [4.69, 9.17) is 0 Å². The van der Waals surface area contributed by atoms with Crippen molar-refractivity contribution in [3.05, 3.63) is 42.5 Å². The van der Waals surface area contributed by atoms with Crippen LogP contribution in [0.3, 0.4) is 0 Å². The predicted molar refractivity (Wildman–Crippen MR) is 94.3 cm³/mol. The van der Waals surface area contributed by atoms with Crippen molar-refractivity contribution in [2.75, 3.05) is 6.61 Å². The van der Waals surface area contributed by atoms with Crippen LogP contribution in [0.25, 0.3) is 5.69 Å². The number of nitrogens with zero attached hydrogens (tertiary/aromatic N) is 3. The van der Waals surface area contributed by atoms with E-state index in [1.54, 1.807) is 11.0 Å². The SMILES string of the molecule is CC(NC(=O)NC1CCCCC1CO)c1cccc(-n2cncn2)c1. The fourth-order valence-electron chi connectivity index (χ4n) is 3.38. The lowest BCUT2D eigenvalue weighted by atomic mass is 9.85. The van der Waals surface area contributed by atoms with Crippen molar-refractivity contribution in [1.82, 2.24) is 25.4 Å². The standard InChI is InChI=1S/C18H25N5O2/c1-13(14-6-4-7-16(9-14)23-12-19-11-20-23)21-18(25)22-17-8-3-2-5-15(17)10-24/h4,6-7,9,11-13,15,17,24H,2-3,5,8,10H2,1H3,(H2,21,22,25). The van der Waals surface area contributed by atoms with E-state index in [2.05, 4.69) is 20.7 Å². The van der Waals surface area contributed by atoms with E-state index in [0.29, 0.717) is 0 Å². The van der Waals surface area contributed by atoms with Crippen molar-refractivity contribution in [2.24, 2.45) is 5.92 Å². The van der Waals surface area contributed by atoms with Crippen molar-refractivity contribution >= 4 is 6.03 Å². The Morgan fingerprint density at radius 2 is 2.24 bits per heavy atom. The molecular weight excluding hydrogens is 318 g/mol. The Morgan fingerprint density at radius 3 is 3.00 bits per heavy atom. The Kier molecular flexibility index (Phi) is 5.65. The normalized spacial score (nSPS) is 21.5. The quantitative estimate of drug-likeness (QED) is 0.776. The molecule has 7 heteroatoms. The van der Waals surface area contributed by atoms with E-state index in [0.717, 1.165) is 36.9 Å². The third-order valence-corrected chi connectivity index (χ3v) is 4.86. The molecule has 1 aliphatic carbocycles. The average Bonchev–Trinajstić information content (AvgIpc) is 3.17. The summed E-state index contributed by atoms with van der Waals surface area (Å²) in [5.41, 5.74) is 1.89. The molecule has 1 heterocycles. The zero-order valence-electron chi connectivity index (χ0n) is 14.4. The molecule has 2 amide bonds. The second-order valence-corrected chi connectivity index (χ2v) is 6.61. The number of hydrogen-bond acceptors (Lipinski definition) is 4. The van der Waals surface area contributed by atoms with Crippen molar-refractivity contribution in [2.45, 2.75) is 44.7 Å². The van der Waals surface area contributed by atoms with Gasteiger partial charge in [-0.05, 0) is 37.5 Å². The predicted octanol–water partition coefficient (Wildman–Crippen LogP) is 2.18. The first kappa shape index (κ1) is 17.4. The number of hydrogen-bond donors (Lipinski definition) is 3. The van der Waals surface area contributed by atoms with E-state index >= 15 is 0 Å². The maximum absolute atomic E-state index is 12.3. The first-order valence-corrected chi connectivity index (χ1v) is 8.80. The van der Waals surface area contributed by atoms with Gasteiger partial charge in [-0.25, -0.2) is 14.5 Å². The lowest BCUT2D eigenvalue weighted by Crippen LogP contribution is -2.48. The minimum atomic E-state index is -0.191. The average molecular weight is 343 g/mol. The lowest BCUT2D eigenvalue weighted by Gasteiger charge is -2.31. The molecule has 134 valence electrons. The highest BCUT2D eigenvalue weighted by atomic mass is 16.3. The fourth-order valence-corrected chi connectivity index (χ4v) is 3.38. The van der Waals surface area contributed by atoms with Crippen LogP contribution in [0.4, 0.5) is 4.79 Å². The number of carbonyl (C=O) groups is 1. The Morgan fingerprint density at radius 1 is 1.40 bits per heavy atom. The fraction of sp³-hybridized carbons (Fsp3) is 0.500. The molecule has 1 aromatic carbocycles. The summed E-state index contributed by atoms with van der Waals surface area (Å²) in [6.45, 7) is 2.07. The molecule has 3 atom stereocenters. The topological polar surface area (TPSA) is 92.1 Å². The van der Waals surface area contributed by atoms with Crippen LogP contribution in [0, 0.1) is 5.92 Å². The summed E-state index contributed by atoms with van der Waals surface area (Å²) in [6.07, 6.45) is 7.24. The number of benzene rings is 1. The van der Waals surface area contributed by atoms with Crippen molar-refractivity contribution in [1.29, 1.82) is 0 Å². The van der Waals surface area contributed by atoms with Gasteiger partial charge >= 0.3 is 6.03 Å². The molecule has 0 saturated heterocycles. The first-order chi connectivity index (χ1) is 12.2. The summed E-state index contributed by atoms with van der Waals surface area (Å²) < 4.78 is 1.68. The van der Waals surface area contributed by atoms with Crippen LogP contribution >= 0.6 is 0 Å². The van der Waals surface area contributed by atoms with Crippen LogP contribution in [0.1, 0.15) is 44.2 Å². The highest BCUT2D eigenvalue weighted by Crippen LogP contribution is 2.24. The number of aromatic nitrogens is 3. The molecule has 0 spiro atoms. The summed E-state index contributed by atoms with van der Waals surface area (Å²) in [7, 11) is 0. The van der Waals surface area contributed by atoms with Gasteiger partial charge in [-0.1, -0.05) is 25.0 Å². The molecule has 25 heavy (non-hydrogen) atoms. The van der Waals surface area contributed by atoms with Crippen molar-refractivity contribution < 1.29 is 9.90 Å². The molecule has 1 aliphatic rings. The van der Waals surface area contributed by atoms with Crippen LogP contribution in [0.5, 0.6) is 0 Å². The maximum atomic E-state index is 12.3. The molecule has 0 radical (unpaired) electrons. The molecular formula is C18H25N5O2. The molecule has 7 nitrogen and oxygen atoms in total. The first-order valence-electron chi connectivity index (χ1n) is 8.80. The molecule has 0 aliphatic heterocycles. The van der Waals surface area contributed by atoms with Crippen LogP contribution in [0.15, 0.2) is 36.9 Å². The number of nitrogens with one attached hydrogen (secondary N) is 2. The van der Waals surface area contributed by atoms with Gasteiger partial charge in [-0.2, -0.15) is 5.10 Å². The second-order valence-electron chi connectivity index (χ2n) is 6.61. The van der Waals surface area contributed by atoms with Gasteiger partial charge in [-0.15, -0.1) is 0 Å². The van der Waals surface area contributed by atoms with Gasteiger partial charge < -0.3 is 15.7 Å². The second kappa shape index (κ2) is 8.11. The smallest absolute Gasteiger partial charge is 0.315 e. The number of aliphatic hydroxyl groups is 1. The Hall–Kier alpha value is -2.41. The zero-order valence-corrected chi connectivity index (χ0v) is 14.4. The highest BCUT2D eigenvalue weighted by Gasteiger charge is 2.26. The van der Waals surface area contributed by atoms with Gasteiger partial charge in [0.15, 0.2) is 0 Å². The molecule has 1 saturated carbocycles. The number of urea groups is 1. The van der Waals surface area contributed by atoms with E-state index in [1.165, 1.54) is 6.33 Å². The minimum Gasteiger partial charge on any atom is -0.396 e. The van der Waals surface area contributed by atoms with Gasteiger partial charge in [0.2, 0.25) is 0 Å². The Balaban J connectivity index is 1.61. The summed E-state index contributed by atoms with van der Waals surface area (Å²) >= 11 is 0. The van der Waals surface area contributed by atoms with E-state index in [-0.39, 0.29) is 30.6 Å². The Bertz CT molecular complexity index is 689. The largest absolute Gasteiger partial charge is 0.396 e. The third kappa shape index (κ3) is 4.36. The summed E-state index contributed by atoms with van der Waals surface area (Å²) in [5.74, 6) is 0.158. The molecule has 1 aromatic heterocycles. The maximum Gasteiger partial charge on any atom is 0.315 e. The molecule has 1 fully saturated rings. The minimum absolute atomic E-state index is 0.0485. The summed E-state index contributed by atoms with van der Waals surface area (Å²) in [4.78, 5) is 16.3. The molecule has 3 rings (SSSR count). The number of amides is 2. The van der Waals surface area contributed by atoms with E-state index < -0.39 is 0 Å². The van der Waals surface area contributed by atoms with Crippen molar-refractivity contribution in [3.63, 3.8) is 0 Å².